The Labute approximate surface area is 82.6 Å². The molecule has 1 heterocycles. The molecule has 1 N–H and O–H groups in total. The number of unbranched alkanes of at least 4 members (excludes halogenated alkanes) is 1. The van der Waals surface area contributed by atoms with Gasteiger partial charge in [0.15, 0.2) is 5.60 Å². The van der Waals surface area contributed by atoms with Crippen LogP contribution in [0.3, 0.4) is 0 Å². The lowest BCUT2D eigenvalue weighted by Crippen LogP contribution is -2.33. The van der Waals surface area contributed by atoms with Gasteiger partial charge in [0.2, 0.25) is 0 Å². The molecule has 0 aromatic heterocycles. The van der Waals surface area contributed by atoms with Gasteiger partial charge in [-0.2, -0.15) is 0 Å². The van der Waals surface area contributed by atoms with Gasteiger partial charge in [0.25, 0.3) is 0 Å². The van der Waals surface area contributed by atoms with Gasteiger partial charge < -0.3 is 9.84 Å². The van der Waals surface area contributed by atoms with Gasteiger partial charge in [-0.3, -0.25) is 4.79 Å². The zero-order valence-corrected chi connectivity index (χ0v) is 8.16. The van der Waals surface area contributed by atoms with Crippen LogP contribution < -0.4 is 0 Å². The lowest BCUT2D eigenvalue weighted by atomic mass is 9.98. The van der Waals surface area contributed by atoms with Gasteiger partial charge in [0, 0.05) is 6.42 Å². The quantitative estimate of drug-likeness (QED) is 0.415. The molecule has 0 bridgehead atoms. The third-order valence-corrected chi connectivity index (χ3v) is 2.10. The molecule has 1 rings (SSSR count). The average Bonchev–Trinajstić information content (AvgIpc) is 2.36. The zero-order chi connectivity index (χ0) is 10.6. The maximum absolute atomic E-state index is 11.0. The highest BCUT2D eigenvalue weighted by molar-refractivity contribution is 5.99. The molecule has 1 aliphatic heterocycles. The first-order valence-electron chi connectivity index (χ1n) is 4.71. The number of allylic oxidation sites excluding steroid dienone is 1. The number of ether oxygens (including phenoxy) is 1. The normalized spacial score (nSPS) is 27.3. The molecular weight excluding hydrogens is 184 g/mol. The van der Waals surface area contributed by atoms with Crippen molar-refractivity contribution in [3.05, 3.63) is 12.2 Å². The van der Waals surface area contributed by atoms with E-state index < -0.39 is 17.5 Å². The molecule has 0 aromatic rings. The van der Waals surface area contributed by atoms with E-state index in [1.165, 1.54) is 0 Å². The van der Waals surface area contributed by atoms with Gasteiger partial charge in [-0.25, -0.2) is 4.79 Å². The van der Waals surface area contributed by atoms with Crippen LogP contribution in [0.25, 0.3) is 0 Å². The van der Waals surface area contributed by atoms with Crippen molar-refractivity contribution in [3.63, 3.8) is 0 Å². The van der Waals surface area contributed by atoms with Gasteiger partial charge >= 0.3 is 11.9 Å². The summed E-state index contributed by atoms with van der Waals surface area (Å²) in [7, 11) is 0. The molecule has 1 fully saturated rings. The second kappa shape index (κ2) is 4.37. The minimum atomic E-state index is -1.62. The molecule has 0 saturated carbocycles. The fourth-order valence-corrected chi connectivity index (χ4v) is 1.26. The largest absolute Gasteiger partial charge is 0.391 e. The third kappa shape index (κ3) is 2.42. The number of cyclic esters (lactones) is 2. The topological polar surface area (TPSA) is 63.6 Å². The Morgan fingerprint density at radius 1 is 1.50 bits per heavy atom. The summed E-state index contributed by atoms with van der Waals surface area (Å²) < 4.78 is 4.27. The number of aliphatic hydroxyl groups is 1. The monoisotopic (exact) mass is 198 g/mol. The summed E-state index contributed by atoms with van der Waals surface area (Å²) in [6.07, 6.45) is 5.43. The zero-order valence-electron chi connectivity index (χ0n) is 8.16. The van der Waals surface area contributed by atoms with E-state index in [1.54, 1.807) is 6.08 Å². The van der Waals surface area contributed by atoms with Crippen molar-refractivity contribution in [3.8, 4) is 0 Å². The van der Waals surface area contributed by atoms with Crippen LogP contribution >= 0.6 is 0 Å². The fraction of sp³-hybridized carbons (Fsp3) is 0.600. The Morgan fingerprint density at radius 3 is 2.71 bits per heavy atom. The molecule has 1 atom stereocenters. The second-order valence-electron chi connectivity index (χ2n) is 3.43. The van der Waals surface area contributed by atoms with E-state index in [0.29, 0.717) is 0 Å². The van der Waals surface area contributed by atoms with Crippen molar-refractivity contribution in [2.75, 3.05) is 0 Å². The minimum Gasteiger partial charge on any atom is -0.391 e. The first-order valence-corrected chi connectivity index (χ1v) is 4.71. The number of rotatable bonds is 4. The van der Waals surface area contributed by atoms with Crippen LogP contribution in [0.5, 0.6) is 0 Å². The maximum atomic E-state index is 11.0. The van der Waals surface area contributed by atoms with Crippen molar-refractivity contribution >= 4 is 11.9 Å². The molecule has 1 unspecified atom stereocenters. The first kappa shape index (κ1) is 10.9. The molecular formula is C10H14O4. The van der Waals surface area contributed by atoms with Gasteiger partial charge in [-0.15, -0.1) is 0 Å². The van der Waals surface area contributed by atoms with E-state index in [4.69, 9.17) is 0 Å². The molecule has 1 aliphatic rings. The molecule has 4 nitrogen and oxygen atoms in total. The van der Waals surface area contributed by atoms with Crippen LogP contribution in [0, 0.1) is 0 Å². The summed E-state index contributed by atoms with van der Waals surface area (Å²) in [5.41, 5.74) is -1.62. The van der Waals surface area contributed by atoms with Crippen LogP contribution in [-0.4, -0.2) is 22.6 Å². The number of hydrogen-bond donors (Lipinski definition) is 1. The van der Waals surface area contributed by atoms with Crippen molar-refractivity contribution in [1.82, 2.24) is 0 Å². The molecule has 78 valence electrons. The highest BCUT2D eigenvalue weighted by Crippen LogP contribution is 2.25. The van der Waals surface area contributed by atoms with Crippen molar-refractivity contribution in [2.24, 2.45) is 0 Å². The Hall–Kier alpha value is -1.16. The van der Waals surface area contributed by atoms with Gasteiger partial charge in [0.1, 0.15) is 0 Å². The highest BCUT2D eigenvalue weighted by Gasteiger charge is 2.46. The van der Waals surface area contributed by atoms with E-state index in [1.807, 2.05) is 13.0 Å². The number of esters is 2. The van der Waals surface area contributed by atoms with Crippen molar-refractivity contribution in [2.45, 2.75) is 38.2 Å². The third-order valence-electron chi connectivity index (χ3n) is 2.10. The van der Waals surface area contributed by atoms with Crippen LogP contribution in [-0.2, 0) is 14.3 Å². The number of carbonyl (C=O) groups is 2. The first-order chi connectivity index (χ1) is 6.58. The highest BCUT2D eigenvalue weighted by atomic mass is 16.6. The molecule has 0 spiro atoms. The summed E-state index contributed by atoms with van der Waals surface area (Å²) in [6, 6.07) is 0. The van der Waals surface area contributed by atoms with Crippen molar-refractivity contribution < 1.29 is 19.4 Å². The maximum Gasteiger partial charge on any atom is 0.346 e. The lowest BCUT2D eigenvalue weighted by molar-refractivity contribution is -0.158. The molecule has 0 aliphatic carbocycles. The second-order valence-corrected chi connectivity index (χ2v) is 3.43. The van der Waals surface area contributed by atoms with Gasteiger partial charge in [-0.1, -0.05) is 25.5 Å². The Kier molecular flexibility index (Phi) is 3.41. The summed E-state index contributed by atoms with van der Waals surface area (Å²) in [5.74, 6) is -1.48. The standard InChI is InChI=1S/C10H14O4/c1-2-3-4-5-6-10(13)7-8(11)14-9(10)12/h4-5,13H,2-3,6-7H2,1H3. The number of hydrogen-bond acceptors (Lipinski definition) is 4. The molecule has 0 amide bonds. The van der Waals surface area contributed by atoms with Crippen LogP contribution in [0.2, 0.25) is 0 Å². The fourth-order valence-electron chi connectivity index (χ4n) is 1.26. The van der Waals surface area contributed by atoms with E-state index in [2.05, 4.69) is 4.74 Å². The predicted octanol–water partition coefficient (Wildman–Crippen LogP) is 0.937. The smallest absolute Gasteiger partial charge is 0.346 e. The Balaban J connectivity index is 2.50. The van der Waals surface area contributed by atoms with E-state index in [0.717, 1.165) is 12.8 Å². The van der Waals surface area contributed by atoms with Gasteiger partial charge in [-0.05, 0) is 6.42 Å². The molecule has 1 saturated heterocycles. The molecule has 0 aromatic carbocycles. The summed E-state index contributed by atoms with van der Waals surface area (Å²) in [4.78, 5) is 21.8. The molecule has 14 heavy (non-hydrogen) atoms. The summed E-state index contributed by atoms with van der Waals surface area (Å²) >= 11 is 0. The Bertz CT molecular complexity index is 269. The van der Waals surface area contributed by atoms with E-state index >= 15 is 0 Å². The van der Waals surface area contributed by atoms with Gasteiger partial charge in [0.05, 0.1) is 6.42 Å². The molecule has 0 radical (unpaired) electrons. The van der Waals surface area contributed by atoms with Crippen LogP contribution in [0.1, 0.15) is 32.6 Å². The molecule has 4 heteroatoms. The van der Waals surface area contributed by atoms with E-state index in [9.17, 15) is 14.7 Å². The van der Waals surface area contributed by atoms with Crippen molar-refractivity contribution in [1.29, 1.82) is 0 Å². The number of carbonyl (C=O) groups excluding carboxylic acids is 2. The summed E-state index contributed by atoms with van der Waals surface area (Å²) in [5, 5.41) is 9.68. The average molecular weight is 198 g/mol. The minimum absolute atomic E-state index is 0.150. The predicted molar refractivity (Wildman–Crippen MR) is 49.3 cm³/mol. The SMILES string of the molecule is CCCC=CCC1(O)CC(=O)OC1=O. The lowest BCUT2D eigenvalue weighted by Gasteiger charge is -2.12. The van der Waals surface area contributed by atoms with Crippen LogP contribution in [0.15, 0.2) is 12.2 Å². The van der Waals surface area contributed by atoms with E-state index in [-0.39, 0.29) is 12.8 Å². The Morgan fingerprint density at radius 2 is 2.21 bits per heavy atom. The van der Waals surface area contributed by atoms with Crippen LogP contribution in [0.4, 0.5) is 0 Å². The summed E-state index contributed by atoms with van der Waals surface area (Å²) in [6.45, 7) is 2.03.